The van der Waals surface area contributed by atoms with Gasteiger partial charge in [-0.05, 0) is 19.8 Å². The van der Waals surface area contributed by atoms with Crippen molar-refractivity contribution in [2.45, 2.75) is 26.7 Å². The van der Waals surface area contributed by atoms with Crippen LogP contribution < -0.4 is 0 Å². The van der Waals surface area contributed by atoms with Crippen molar-refractivity contribution in [1.29, 1.82) is 0 Å². The number of hydrogen-bond donors (Lipinski definition) is 0. The van der Waals surface area contributed by atoms with Crippen molar-refractivity contribution in [3.05, 3.63) is 24.3 Å². The first-order chi connectivity index (χ1) is 3.81. The van der Waals surface area contributed by atoms with Crippen LogP contribution in [0.5, 0.6) is 0 Å². The van der Waals surface area contributed by atoms with Gasteiger partial charge in [0.05, 0.1) is 0 Å². The second-order valence-corrected chi connectivity index (χ2v) is 1.93. The molecule has 0 bridgehead atoms. The predicted octanol–water partition coefficient (Wildman–Crippen LogP) is 2.92. The summed E-state index contributed by atoms with van der Waals surface area (Å²) in [6.07, 6.45) is 6.29. The van der Waals surface area contributed by atoms with E-state index < -0.39 is 0 Å². The highest BCUT2D eigenvalue weighted by Gasteiger charge is 1.78. The van der Waals surface area contributed by atoms with Crippen molar-refractivity contribution < 1.29 is 0 Å². The van der Waals surface area contributed by atoms with E-state index in [2.05, 4.69) is 26.5 Å². The Kier molecular flexibility index (Phi) is 4.33. The third-order valence-electron chi connectivity index (χ3n) is 1.19. The van der Waals surface area contributed by atoms with Gasteiger partial charge in [-0.25, -0.2) is 0 Å². The molecule has 0 aliphatic rings. The molecular weight excluding hydrogens is 96.1 g/mol. The molecule has 0 aliphatic heterocycles. The molecule has 0 heteroatoms. The van der Waals surface area contributed by atoms with Crippen LogP contribution in [0.15, 0.2) is 24.3 Å². The van der Waals surface area contributed by atoms with Crippen LogP contribution in [0, 0.1) is 0 Å². The molecule has 0 fully saturated rings. The van der Waals surface area contributed by atoms with E-state index in [0.29, 0.717) is 0 Å². The monoisotopic (exact) mass is 110 g/mol. The van der Waals surface area contributed by atoms with Gasteiger partial charge in [0.15, 0.2) is 0 Å². The zero-order valence-corrected chi connectivity index (χ0v) is 5.78. The van der Waals surface area contributed by atoms with Crippen molar-refractivity contribution in [1.82, 2.24) is 0 Å². The molecule has 0 aromatic carbocycles. The third kappa shape index (κ3) is 3.66. The van der Waals surface area contributed by atoms with Gasteiger partial charge in [-0.1, -0.05) is 24.6 Å². The average molecular weight is 110 g/mol. The molecule has 0 N–H and O–H groups in total. The zero-order valence-electron chi connectivity index (χ0n) is 5.78. The minimum Gasteiger partial charge on any atom is -0.103 e. The highest BCUT2D eigenvalue weighted by Crippen LogP contribution is 1.98. The fraction of sp³-hybridized carbons (Fsp3) is 0.500. The average Bonchev–Trinajstić information content (AvgIpc) is 1.83. The minimum atomic E-state index is 1.01. The van der Waals surface area contributed by atoms with E-state index in [4.69, 9.17) is 0 Å². The Balaban J connectivity index is 3.40. The molecule has 0 saturated carbocycles. The van der Waals surface area contributed by atoms with E-state index >= 15 is 0 Å². The second-order valence-electron chi connectivity index (χ2n) is 1.93. The molecule has 0 heterocycles. The lowest BCUT2D eigenvalue weighted by molar-refractivity contribution is 1.08. The molecule has 0 spiro atoms. The van der Waals surface area contributed by atoms with Crippen LogP contribution in [0.3, 0.4) is 0 Å². The first kappa shape index (κ1) is 7.48. The maximum Gasteiger partial charge on any atom is -0.0169 e. The Morgan fingerprint density at radius 3 is 2.62 bits per heavy atom. The Bertz CT molecular complexity index is 88.2. The van der Waals surface area contributed by atoms with Crippen molar-refractivity contribution in [2.75, 3.05) is 0 Å². The van der Waals surface area contributed by atoms with Crippen molar-refractivity contribution in [2.24, 2.45) is 0 Å². The summed E-state index contributed by atoms with van der Waals surface area (Å²) < 4.78 is 0. The van der Waals surface area contributed by atoms with Crippen LogP contribution in [0.1, 0.15) is 26.7 Å². The van der Waals surface area contributed by atoms with Gasteiger partial charge in [0, 0.05) is 0 Å². The lowest BCUT2D eigenvalue weighted by atomic mass is 10.2. The van der Waals surface area contributed by atoms with Crippen molar-refractivity contribution in [3.63, 3.8) is 0 Å². The van der Waals surface area contributed by atoms with Crippen LogP contribution in [0.2, 0.25) is 0 Å². The lowest BCUT2D eigenvalue weighted by Gasteiger charge is -1.89. The van der Waals surface area contributed by atoms with Gasteiger partial charge in [0.1, 0.15) is 0 Å². The summed E-state index contributed by atoms with van der Waals surface area (Å²) in [4.78, 5) is 0. The van der Waals surface area contributed by atoms with E-state index in [1.54, 1.807) is 0 Å². The first-order valence-electron chi connectivity index (χ1n) is 3.07. The van der Waals surface area contributed by atoms with Gasteiger partial charge in [-0.15, -0.1) is 6.58 Å². The molecule has 46 valence electrons. The van der Waals surface area contributed by atoms with Crippen molar-refractivity contribution >= 4 is 0 Å². The van der Waals surface area contributed by atoms with E-state index in [1.807, 2.05) is 6.08 Å². The van der Waals surface area contributed by atoms with Crippen molar-refractivity contribution in [3.8, 4) is 0 Å². The Hall–Kier alpha value is -0.520. The highest BCUT2D eigenvalue weighted by atomic mass is 13.8. The summed E-state index contributed by atoms with van der Waals surface area (Å²) in [5.74, 6) is 0. The van der Waals surface area contributed by atoms with Crippen LogP contribution in [-0.4, -0.2) is 0 Å². The van der Waals surface area contributed by atoms with E-state index in [9.17, 15) is 0 Å². The molecule has 0 amide bonds. The summed E-state index contributed by atoms with van der Waals surface area (Å²) in [6.45, 7) is 7.93. The third-order valence-corrected chi connectivity index (χ3v) is 1.19. The highest BCUT2D eigenvalue weighted by molar-refractivity contribution is 4.99. The standard InChI is InChI=1S/C8H14/c1-4-6-7-8(3)5-2/h4,7H,1,5-6H2,2-3H3/b8-7-. The molecule has 0 saturated heterocycles. The number of allylic oxidation sites excluding steroid dienone is 3. The molecule has 0 unspecified atom stereocenters. The smallest absolute Gasteiger partial charge is 0.0169 e. The topological polar surface area (TPSA) is 0 Å². The predicted molar refractivity (Wildman–Crippen MR) is 38.9 cm³/mol. The summed E-state index contributed by atoms with van der Waals surface area (Å²) in [6, 6.07) is 0. The lowest BCUT2D eigenvalue weighted by Crippen LogP contribution is -1.68. The van der Waals surface area contributed by atoms with E-state index in [0.717, 1.165) is 12.8 Å². The van der Waals surface area contributed by atoms with Gasteiger partial charge in [-0.2, -0.15) is 0 Å². The summed E-state index contributed by atoms with van der Waals surface area (Å²) in [5, 5.41) is 0. The van der Waals surface area contributed by atoms with Gasteiger partial charge in [0.25, 0.3) is 0 Å². The van der Waals surface area contributed by atoms with E-state index in [-0.39, 0.29) is 0 Å². The molecule has 0 aliphatic carbocycles. The first-order valence-corrected chi connectivity index (χ1v) is 3.07. The molecule has 0 aromatic heterocycles. The Morgan fingerprint density at radius 1 is 1.62 bits per heavy atom. The molecule has 0 nitrogen and oxygen atoms in total. The maximum absolute atomic E-state index is 3.62. The SMILES string of the molecule is C=CC/C=C(/C)CC. The summed E-state index contributed by atoms with van der Waals surface area (Å²) >= 11 is 0. The summed E-state index contributed by atoms with van der Waals surface area (Å²) in [7, 11) is 0. The largest absolute Gasteiger partial charge is 0.103 e. The fourth-order valence-electron chi connectivity index (χ4n) is 0.429. The quantitative estimate of drug-likeness (QED) is 0.490. The second kappa shape index (κ2) is 4.63. The van der Waals surface area contributed by atoms with Crippen LogP contribution >= 0.6 is 0 Å². The maximum atomic E-state index is 3.62. The van der Waals surface area contributed by atoms with Crippen LogP contribution in [0.25, 0.3) is 0 Å². The molecule has 0 radical (unpaired) electrons. The minimum absolute atomic E-state index is 1.01. The normalized spacial score (nSPS) is 11.5. The fourth-order valence-corrected chi connectivity index (χ4v) is 0.429. The Labute approximate surface area is 51.9 Å². The molecule has 0 atom stereocenters. The molecular formula is C8H14. The number of rotatable bonds is 3. The molecule has 8 heavy (non-hydrogen) atoms. The number of hydrogen-bond acceptors (Lipinski definition) is 0. The van der Waals surface area contributed by atoms with Crippen LogP contribution in [-0.2, 0) is 0 Å². The zero-order chi connectivity index (χ0) is 6.41. The van der Waals surface area contributed by atoms with Gasteiger partial charge < -0.3 is 0 Å². The van der Waals surface area contributed by atoms with Gasteiger partial charge in [0.2, 0.25) is 0 Å². The van der Waals surface area contributed by atoms with Gasteiger partial charge in [-0.3, -0.25) is 0 Å². The summed E-state index contributed by atoms with van der Waals surface area (Å²) in [5.41, 5.74) is 1.45. The van der Waals surface area contributed by atoms with Gasteiger partial charge >= 0.3 is 0 Å². The molecule has 0 rings (SSSR count). The van der Waals surface area contributed by atoms with E-state index in [1.165, 1.54) is 5.57 Å². The Morgan fingerprint density at radius 2 is 2.25 bits per heavy atom. The van der Waals surface area contributed by atoms with Crippen LogP contribution in [0.4, 0.5) is 0 Å². The molecule has 0 aromatic rings.